The Kier molecular flexibility index (Phi) is 4.07. The van der Waals surface area contributed by atoms with Gasteiger partial charge in [0.1, 0.15) is 5.82 Å². The van der Waals surface area contributed by atoms with Crippen molar-refractivity contribution in [2.75, 3.05) is 0 Å². The summed E-state index contributed by atoms with van der Waals surface area (Å²) in [4.78, 5) is 12.2. The summed E-state index contributed by atoms with van der Waals surface area (Å²) in [7, 11) is 0. The van der Waals surface area contributed by atoms with E-state index in [1.165, 1.54) is 12.1 Å². The zero-order valence-electron chi connectivity index (χ0n) is 10.6. The number of carbonyl (C=O) groups is 1. The second-order valence-electron chi connectivity index (χ2n) is 4.47. The van der Waals surface area contributed by atoms with Crippen LogP contribution in [0.5, 0.6) is 0 Å². The fourth-order valence-corrected chi connectivity index (χ4v) is 1.96. The number of benzene rings is 2. The quantitative estimate of drug-likeness (QED) is 0.854. The van der Waals surface area contributed by atoms with E-state index in [1.54, 1.807) is 43.3 Å². The molecule has 1 atom stereocenters. The number of carbonyl (C=O) groups excluding carboxylic acids is 1. The molecule has 2 aromatic rings. The SMILES string of the molecule is CC(C(=O)c1ccccc1F)c1ccc(CO)cc1. The lowest BCUT2D eigenvalue weighted by Gasteiger charge is -2.12. The number of aliphatic hydroxyl groups excluding tert-OH is 1. The topological polar surface area (TPSA) is 37.3 Å². The van der Waals surface area contributed by atoms with Crippen molar-refractivity contribution in [1.29, 1.82) is 0 Å². The Hall–Kier alpha value is -2.00. The number of halogens is 1. The summed E-state index contributed by atoms with van der Waals surface area (Å²) < 4.78 is 13.6. The minimum absolute atomic E-state index is 0.0318. The minimum Gasteiger partial charge on any atom is -0.392 e. The van der Waals surface area contributed by atoms with Crippen molar-refractivity contribution >= 4 is 5.78 Å². The van der Waals surface area contributed by atoms with Gasteiger partial charge in [0, 0.05) is 5.92 Å². The predicted octanol–water partition coefficient (Wildman–Crippen LogP) is 3.30. The maximum atomic E-state index is 13.6. The summed E-state index contributed by atoms with van der Waals surface area (Å²) in [6.45, 7) is 1.72. The molecule has 1 N–H and O–H groups in total. The van der Waals surface area contributed by atoms with Crippen LogP contribution in [0, 0.1) is 5.82 Å². The van der Waals surface area contributed by atoms with Crippen molar-refractivity contribution < 1.29 is 14.3 Å². The highest BCUT2D eigenvalue weighted by Gasteiger charge is 2.19. The van der Waals surface area contributed by atoms with Crippen LogP contribution in [0.2, 0.25) is 0 Å². The summed E-state index contributed by atoms with van der Waals surface area (Å²) in [6, 6.07) is 13.1. The number of ketones is 1. The van der Waals surface area contributed by atoms with Crippen molar-refractivity contribution in [3.05, 3.63) is 71.0 Å². The maximum absolute atomic E-state index is 13.6. The lowest BCUT2D eigenvalue weighted by Crippen LogP contribution is -2.11. The molecule has 0 aliphatic carbocycles. The molecule has 0 saturated heterocycles. The first-order valence-corrected chi connectivity index (χ1v) is 6.12. The van der Waals surface area contributed by atoms with Crippen LogP contribution in [0.25, 0.3) is 0 Å². The molecular formula is C16H15FO2. The van der Waals surface area contributed by atoms with Crippen LogP contribution in [-0.2, 0) is 6.61 Å². The molecule has 0 aromatic heterocycles. The Morgan fingerprint density at radius 3 is 2.37 bits per heavy atom. The molecule has 2 aromatic carbocycles. The van der Waals surface area contributed by atoms with E-state index >= 15 is 0 Å². The maximum Gasteiger partial charge on any atom is 0.172 e. The lowest BCUT2D eigenvalue weighted by molar-refractivity contribution is 0.0962. The molecule has 2 nitrogen and oxygen atoms in total. The van der Waals surface area contributed by atoms with Crippen LogP contribution < -0.4 is 0 Å². The van der Waals surface area contributed by atoms with Gasteiger partial charge in [0.05, 0.1) is 12.2 Å². The molecule has 1 unspecified atom stereocenters. The number of aliphatic hydroxyl groups is 1. The minimum atomic E-state index is -0.494. The molecule has 0 aliphatic heterocycles. The highest BCUT2D eigenvalue weighted by Crippen LogP contribution is 2.22. The van der Waals surface area contributed by atoms with E-state index in [1.807, 2.05) is 0 Å². The summed E-state index contributed by atoms with van der Waals surface area (Å²) in [5.41, 5.74) is 1.71. The van der Waals surface area contributed by atoms with Gasteiger partial charge in [-0.25, -0.2) is 4.39 Å². The van der Waals surface area contributed by atoms with Gasteiger partial charge in [0.15, 0.2) is 5.78 Å². The standard InChI is InChI=1S/C16H15FO2/c1-11(13-8-6-12(10-18)7-9-13)16(19)14-4-2-3-5-15(14)17/h2-9,11,18H,10H2,1H3. The summed E-state index contributed by atoms with van der Waals surface area (Å²) in [6.07, 6.45) is 0. The molecular weight excluding hydrogens is 243 g/mol. The average Bonchev–Trinajstić information content (AvgIpc) is 2.46. The summed E-state index contributed by atoms with van der Waals surface area (Å²) in [5, 5.41) is 8.97. The van der Waals surface area contributed by atoms with Crippen LogP contribution in [0.15, 0.2) is 48.5 Å². The van der Waals surface area contributed by atoms with E-state index in [0.717, 1.165) is 11.1 Å². The van der Waals surface area contributed by atoms with Crippen molar-refractivity contribution in [2.45, 2.75) is 19.4 Å². The van der Waals surface area contributed by atoms with Gasteiger partial charge in [-0.15, -0.1) is 0 Å². The fourth-order valence-electron chi connectivity index (χ4n) is 1.96. The van der Waals surface area contributed by atoms with Gasteiger partial charge in [0.2, 0.25) is 0 Å². The van der Waals surface area contributed by atoms with Gasteiger partial charge in [-0.1, -0.05) is 43.3 Å². The van der Waals surface area contributed by atoms with Crippen molar-refractivity contribution in [2.24, 2.45) is 0 Å². The number of rotatable bonds is 4. The Balaban J connectivity index is 2.26. The zero-order valence-corrected chi connectivity index (χ0v) is 10.6. The van der Waals surface area contributed by atoms with Crippen LogP contribution >= 0.6 is 0 Å². The van der Waals surface area contributed by atoms with Gasteiger partial charge in [-0.3, -0.25) is 4.79 Å². The van der Waals surface area contributed by atoms with Gasteiger partial charge in [-0.2, -0.15) is 0 Å². The first kappa shape index (κ1) is 13.4. The van der Waals surface area contributed by atoms with E-state index in [-0.39, 0.29) is 18.0 Å². The first-order valence-electron chi connectivity index (χ1n) is 6.12. The lowest BCUT2D eigenvalue weighted by atomic mass is 9.91. The normalized spacial score (nSPS) is 12.2. The van der Waals surface area contributed by atoms with E-state index in [4.69, 9.17) is 5.11 Å². The second kappa shape index (κ2) is 5.76. The molecule has 19 heavy (non-hydrogen) atoms. The Labute approximate surface area is 111 Å². The Bertz CT molecular complexity index is 576. The van der Waals surface area contributed by atoms with E-state index < -0.39 is 11.7 Å². The van der Waals surface area contributed by atoms with Crippen LogP contribution in [0.3, 0.4) is 0 Å². The Morgan fingerprint density at radius 1 is 1.16 bits per heavy atom. The van der Waals surface area contributed by atoms with E-state index in [9.17, 15) is 9.18 Å². The molecule has 0 amide bonds. The highest BCUT2D eigenvalue weighted by molar-refractivity contribution is 6.00. The van der Waals surface area contributed by atoms with Crippen molar-refractivity contribution in [3.8, 4) is 0 Å². The molecule has 0 heterocycles. The average molecular weight is 258 g/mol. The highest BCUT2D eigenvalue weighted by atomic mass is 19.1. The van der Waals surface area contributed by atoms with Crippen LogP contribution in [-0.4, -0.2) is 10.9 Å². The predicted molar refractivity (Wildman–Crippen MR) is 71.5 cm³/mol. The van der Waals surface area contributed by atoms with Crippen LogP contribution in [0.4, 0.5) is 4.39 Å². The van der Waals surface area contributed by atoms with Crippen molar-refractivity contribution in [1.82, 2.24) is 0 Å². The van der Waals surface area contributed by atoms with E-state index in [0.29, 0.717) is 0 Å². The van der Waals surface area contributed by atoms with Crippen LogP contribution in [0.1, 0.15) is 34.3 Å². The molecule has 98 valence electrons. The molecule has 0 saturated carbocycles. The smallest absolute Gasteiger partial charge is 0.172 e. The van der Waals surface area contributed by atoms with Gasteiger partial charge >= 0.3 is 0 Å². The van der Waals surface area contributed by atoms with Crippen molar-refractivity contribution in [3.63, 3.8) is 0 Å². The molecule has 0 bridgehead atoms. The summed E-state index contributed by atoms with van der Waals surface area (Å²) >= 11 is 0. The zero-order chi connectivity index (χ0) is 13.8. The molecule has 0 radical (unpaired) electrons. The monoisotopic (exact) mass is 258 g/mol. The molecule has 0 aliphatic rings. The second-order valence-corrected chi connectivity index (χ2v) is 4.47. The van der Waals surface area contributed by atoms with Gasteiger partial charge in [0.25, 0.3) is 0 Å². The third-order valence-electron chi connectivity index (χ3n) is 3.19. The summed E-state index contributed by atoms with van der Waals surface area (Å²) in [5.74, 6) is -1.15. The number of hydrogen-bond donors (Lipinski definition) is 1. The molecule has 2 rings (SSSR count). The van der Waals surface area contributed by atoms with E-state index in [2.05, 4.69) is 0 Å². The largest absolute Gasteiger partial charge is 0.392 e. The molecule has 3 heteroatoms. The Morgan fingerprint density at radius 2 is 1.79 bits per heavy atom. The third kappa shape index (κ3) is 2.88. The number of hydrogen-bond acceptors (Lipinski definition) is 2. The number of Topliss-reactive ketones (excluding diaryl/α,β-unsaturated/α-hetero) is 1. The van der Waals surface area contributed by atoms with Gasteiger partial charge in [-0.05, 0) is 23.3 Å². The molecule has 0 spiro atoms. The first-order chi connectivity index (χ1) is 9.13. The fraction of sp³-hybridized carbons (Fsp3) is 0.188. The molecule has 0 fully saturated rings. The van der Waals surface area contributed by atoms with Gasteiger partial charge < -0.3 is 5.11 Å². The third-order valence-corrected chi connectivity index (χ3v) is 3.19.